The van der Waals surface area contributed by atoms with Crippen LogP contribution in [0.1, 0.15) is 25.3 Å². The molecule has 2 aromatic rings. The monoisotopic (exact) mass is 228 g/mol. The predicted octanol–water partition coefficient (Wildman–Crippen LogP) is 4.77. The minimum Gasteiger partial charge on any atom is -0.143 e. The van der Waals surface area contributed by atoms with Crippen LogP contribution in [-0.2, 0) is 0 Å². The second kappa shape index (κ2) is 4.75. The van der Waals surface area contributed by atoms with Crippen LogP contribution in [0.2, 0.25) is 0 Å². The molecule has 0 aliphatic heterocycles. The third kappa shape index (κ3) is 2.48. The third-order valence-corrected chi connectivity index (χ3v) is 3.08. The van der Waals surface area contributed by atoms with Gasteiger partial charge in [-0.1, -0.05) is 50.2 Å². The van der Waals surface area contributed by atoms with E-state index in [1.165, 1.54) is 16.7 Å². The molecule has 0 spiro atoms. The molecule has 0 unspecified atom stereocenters. The van der Waals surface area contributed by atoms with Gasteiger partial charge in [0.05, 0.1) is 0 Å². The highest BCUT2D eigenvalue weighted by atomic mass is 32.1. The van der Waals surface area contributed by atoms with Gasteiger partial charge in [-0.15, -0.1) is 12.6 Å². The molecule has 0 saturated carbocycles. The van der Waals surface area contributed by atoms with E-state index in [4.69, 9.17) is 0 Å². The fourth-order valence-electron chi connectivity index (χ4n) is 1.71. The topological polar surface area (TPSA) is 0 Å². The number of hydrogen-bond donors (Lipinski definition) is 1. The molecule has 1 heteroatoms. The van der Waals surface area contributed by atoms with Gasteiger partial charge < -0.3 is 0 Å². The summed E-state index contributed by atoms with van der Waals surface area (Å²) in [6, 6.07) is 17.0. The second-order valence-electron chi connectivity index (χ2n) is 4.32. The molecule has 0 N–H and O–H groups in total. The van der Waals surface area contributed by atoms with Crippen molar-refractivity contribution in [2.24, 2.45) is 0 Å². The lowest BCUT2D eigenvalue weighted by molar-refractivity contribution is 0.867. The minimum absolute atomic E-state index is 0.592. The summed E-state index contributed by atoms with van der Waals surface area (Å²) in [5.41, 5.74) is 3.89. The molecule has 0 radical (unpaired) electrons. The van der Waals surface area contributed by atoms with Crippen LogP contribution in [0.3, 0.4) is 0 Å². The van der Waals surface area contributed by atoms with Crippen LogP contribution < -0.4 is 0 Å². The lowest BCUT2D eigenvalue weighted by atomic mass is 9.99. The van der Waals surface area contributed by atoms with Gasteiger partial charge >= 0.3 is 0 Å². The maximum absolute atomic E-state index is 4.29. The van der Waals surface area contributed by atoms with Crippen molar-refractivity contribution in [3.63, 3.8) is 0 Å². The smallest absolute Gasteiger partial charge is 0.00404 e. The van der Waals surface area contributed by atoms with Crippen LogP contribution in [0, 0.1) is 0 Å². The minimum atomic E-state index is 0.592. The van der Waals surface area contributed by atoms with Gasteiger partial charge in [-0.2, -0.15) is 0 Å². The Kier molecular flexibility index (Phi) is 3.35. The summed E-state index contributed by atoms with van der Waals surface area (Å²) in [4.78, 5) is 1.00. The zero-order valence-corrected chi connectivity index (χ0v) is 10.5. The van der Waals surface area contributed by atoms with Crippen LogP contribution in [0.15, 0.2) is 53.4 Å². The standard InChI is InChI=1S/C15H16S/c1-11(2)12-3-5-13(6-4-12)14-7-9-15(16)10-8-14/h3-11,16H,1-2H3. The lowest BCUT2D eigenvalue weighted by Crippen LogP contribution is -1.86. The van der Waals surface area contributed by atoms with Crippen LogP contribution in [0.4, 0.5) is 0 Å². The van der Waals surface area contributed by atoms with E-state index in [2.05, 4.69) is 62.9 Å². The summed E-state index contributed by atoms with van der Waals surface area (Å²) in [7, 11) is 0. The molecule has 2 rings (SSSR count). The molecule has 0 amide bonds. The maximum Gasteiger partial charge on any atom is 0.00404 e. The highest BCUT2D eigenvalue weighted by Gasteiger charge is 2.00. The molecule has 16 heavy (non-hydrogen) atoms. The van der Waals surface area contributed by atoms with Gasteiger partial charge in [0.15, 0.2) is 0 Å². The Morgan fingerprint density at radius 2 is 1.19 bits per heavy atom. The van der Waals surface area contributed by atoms with Gasteiger partial charge in [0.1, 0.15) is 0 Å². The number of benzene rings is 2. The van der Waals surface area contributed by atoms with Crippen LogP contribution in [0.5, 0.6) is 0 Å². The van der Waals surface area contributed by atoms with Crippen LogP contribution in [-0.4, -0.2) is 0 Å². The first-order valence-corrected chi connectivity index (χ1v) is 6.01. The first kappa shape index (κ1) is 11.3. The first-order valence-electron chi connectivity index (χ1n) is 5.56. The highest BCUT2D eigenvalue weighted by Crippen LogP contribution is 2.23. The molecule has 0 atom stereocenters. The van der Waals surface area contributed by atoms with Crippen LogP contribution >= 0.6 is 12.6 Å². The summed E-state index contributed by atoms with van der Waals surface area (Å²) in [6.45, 7) is 4.43. The molecular weight excluding hydrogens is 212 g/mol. The number of hydrogen-bond acceptors (Lipinski definition) is 1. The van der Waals surface area contributed by atoms with Crippen molar-refractivity contribution in [3.8, 4) is 11.1 Å². The van der Waals surface area contributed by atoms with Gasteiger partial charge in [0, 0.05) is 4.90 Å². The molecule has 2 aromatic carbocycles. The van der Waals surface area contributed by atoms with Crippen molar-refractivity contribution in [3.05, 3.63) is 54.1 Å². The van der Waals surface area contributed by atoms with E-state index < -0.39 is 0 Å². The summed E-state index contributed by atoms with van der Waals surface area (Å²) < 4.78 is 0. The SMILES string of the molecule is CC(C)c1ccc(-c2ccc(S)cc2)cc1. The molecule has 0 aromatic heterocycles. The van der Waals surface area contributed by atoms with Crippen LogP contribution in [0.25, 0.3) is 11.1 Å². The predicted molar refractivity (Wildman–Crippen MR) is 73.2 cm³/mol. The summed E-state index contributed by atoms with van der Waals surface area (Å²) in [5.74, 6) is 0.592. The zero-order valence-electron chi connectivity index (χ0n) is 9.64. The normalized spacial score (nSPS) is 10.8. The molecule has 82 valence electrons. The Labute approximate surface area is 103 Å². The molecule has 0 fully saturated rings. The summed E-state index contributed by atoms with van der Waals surface area (Å²) >= 11 is 4.29. The molecular formula is C15H16S. The molecule has 0 aliphatic carbocycles. The van der Waals surface area contributed by atoms with Crippen molar-refractivity contribution in [1.29, 1.82) is 0 Å². The summed E-state index contributed by atoms with van der Waals surface area (Å²) in [5, 5.41) is 0. The van der Waals surface area contributed by atoms with E-state index in [-0.39, 0.29) is 0 Å². The molecule has 0 aliphatic rings. The number of rotatable bonds is 2. The Morgan fingerprint density at radius 3 is 1.62 bits per heavy atom. The van der Waals surface area contributed by atoms with E-state index in [9.17, 15) is 0 Å². The lowest BCUT2D eigenvalue weighted by Gasteiger charge is -2.07. The van der Waals surface area contributed by atoms with E-state index >= 15 is 0 Å². The Morgan fingerprint density at radius 1 is 0.750 bits per heavy atom. The second-order valence-corrected chi connectivity index (χ2v) is 4.84. The molecule has 0 saturated heterocycles. The third-order valence-electron chi connectivity index (χ3n) is 2.78. The highest BCUT2D eigenvalue weighted by molar-refractivity contribution is 7.80. The van der Waals surface area contributed by atoms with Gasteiger partial charge in [-0.05, 0) is 34.7 Å². The Hall–Kier alpha value is -1.21. The van der Waals surface area contributed by atoms with Gasteiger partial charge in [-0.3, -0.25) is 0 Å². The molecule has 0 nitrogen and oxygen atoms in total. The largest absolute Gasteiger partial charge is 0.143 e. The van der Waals surface area contributed by atoms with Gasteiger partial charge in [0.25, 0.3) is 0 Å². The van der Waals surface area contributed by atoms with Crippen molar-refractivity contribution in [2.45, 2.75) is 24.7 Å². The molecule has 0 bridgehead atoms. The first-order chi connectivity index (χ1) is 7.66. The fourth-order valence-corrected chi connectivity index (χ4v) is 1.86. The van der Waals surface area contributed by atoms with Gasteiger partial charge in [-0.25, -0.2) is 0 Å². The fraction of sp³-hybridized carbons (Fsp3) is 0.200. The van der Waals surface area contributed by atoms with E-state index in [1.807, 2.05) is 12.1 Å². The quantitative estimate of drug-likeness (QED) is 0.703. The van der Waals surface area contributed by atoms with Crippen molar-refractivity contribution in [1.82, 2.24) is 0 Å². The van der Waals surface area contributed by atoms with E-state index in [0.29, 0.717) is 5.92 Å². The molecule has 0 heterocycles. The van der Waals surface area contributed by atoms with E-state index in [1.54, 1.807) is 0 Å². The number of thiol groups is 1. The average molecular weight is 228 g/mol. The Balaban J connectivity index is 2.31. The van der Waals surface area contributed by atoms with Gasteiger partial charge in [0.2, 0.25) is 0 Å². The van der Waals surface area contributed by atoms with Crippen molar-refractivity contribution < 1.29 is 0 Å². The van der Waals surface area contributed by atoms with Crippen molar-refractivity contribution in [2.75, 3.05) is 0 Å². The summed E-state index contributed by atoms with van der Waals surface area (Å²) in [6.07, 6.45) is 0. The average Bonchev–Trinajstić information content (AvgIpc) is 2.30. The zero-order chi connectivity index (χ0) is 11.5. The van der Waals surface area contributed by atoms with Crippen molar-refractivity contribution >= 4 is 12.6 Å². The van der Waals surface area contributed by atoms with E-state index in [0.717, 1.165) is 4.90 Å². The Bertz CT molecular complexity index is 452. The maximum atomic E-state index is 4.29.